The van der Waals surface area contributed by atoms with E-state index < -0.39 is 16.7 Å². The average molecular weight is 409 g/mol. The van der Waals surface area contributed by atoms with Gasteiger partial charge in [-0.25, -0.2) is 0 Å². The highest BCUT2D eigenvalue weighted by molar-refractivity contribution is 6.05. The number of nitro benzene ring substituents is 1. The average Bonchev–Trinajstić information content (AvgIpc) is 3.26. The Hall–Kier alpha value is -3.52. The number of hydrogen-bond acceptors (Lipinski definition) is 5. The Bertz CT molecular complexity index is 963. The number of nitro groups is 1. The van der Waals surface area contributed by atoms with Crippen molar-refractivity contribution in [3.05, 3.63) is 81.0 Å². The summed E-state index contributed by atoms with van der Waals surface area (Å²) in [6.07, 6.45) is 3.17. The third-order valence-corrected chi connectivity index (χ3v) is 4.71. The summed E-state index contributed by atoms with van der Waals surface area (Å²) >= 11 is 0. The van der Waals surface area contributed by atoms with Crippen LogP contribution in [-0.2, 0) is 9.53 Å². The van der Waals surface area contributed by atoms with Crippen LogP contribution >= 0.6 is 0 Å². The van der Waals surface area contributed by atoms with Gasteiger partial charge in [-0.1, -0.05) is 29.8 Å². The van der Waals surface area contributed by atoms with E-state index in [0.29, 0.717) is 24.3 Å². The fraction of sp³-hybridized carbons (Fsp3) is 0.273. The maximum Gasteiger partial charge on any atom is 0.270 e. The van der Waals surface area contributed by atoms with Crippen molar-refractivity contribution >= 4 is 23.6 Å². The van der Waals surface area contributed by atoms with Crippen LogP contribution in [0.15, 0.2) is 54.2 Å². The first-order chi connectivity index (χ1) is 14.4. The molecule has 1 fully saturated rings. The van der Waals surface area contributed by atoms with Gasteiger partial charge in [0.15, 0.2) is 0 Å². The quantitative estimate of drug-likeness (QED) is 0.415. The number of amides is 2. The Morgan fingerprint density at radius 1 is 1.23 bits per heavy atom. The van der Waals surface area contributed by atoms with Gasteiger partial charge in [-0.3, -0.25) is 19.7 Å². The van der Waals surface area contributed by atoms with Crippen LogP contribution in [0.4, 0.5) is 5.69 Å². The molecular weight excluding hydrogens is 386 g/mol. The molecule has 2 aromatic carbocycles. The molecule has 8 heteroatoms. The molecule has 2 aromatic rings. The third-order valence-electron chi connectivity index (χ3n) is 4.71. The van der Waals surface area contributed by atoms with Crippen LogP contribution in [0, 0.1) is 17.0 Å². The zero-order chi connectivity index (χ0) is 21.5. The number of rotatable bonds is 7. The van der Waals surface area contributed by atoms with Crippen LogP contribution < -0.4 is 10.6 Å². The zero-order valence-electron chi connectivity index (χ0n) is 16.6. The number of benzene rings is 2. The lowest BCUT2D eigenvalue weighted by atomic mass is 10.1. The topological polar surface area (TPSA) is 111 Å². The SMILES string of the molecule is Cc1ccc(C(=O)N/C(=C\c2cccc([N+](=O)[O-])c2)C(=O)NCC2CCCO2)cc1. The van der Waals surface area contributed by atoms with Gasteiger partial charge in [0.2, 0.25) is 0 Å². The molecule has 0 aliphatic carbocycles. The molecule has 2 N–H and O–H groups in total. The molecular formula is C22H23N3O5. The smallest absolute Gasteiger partial charge is 0.270 e. The number of nitrogens with zero attached hydrogens (tertiary/aromatic N) is 1. The minimum atomic E-state index is -0.514. The van der Waals surface area contributed by atoms with E-state index >= 15 is 0 Å². The van der Waals surface area contributed by atoms with E-state index in [1.165, 1.54) is 24.3 Å². The first kappa shape index (κ1) is 21.2. The normalized spacial score (nSPS) is 16.2. The Morgan fingerprint density at radius 3 is 2.67 bits per heavy atom. The van der Waals surface area contributed by atoms with E-state index in [-0.39, 0.29) is 17.5 Å². The Labute approximate surface area is 174 Å². The van der Waals surface area contributed by atoms with Crippen LogP contribution in [0.5, 0.6) is 0 Å². The Kier molecular flexibility index (Phi) is 6.92. The van der Waals surface area contributed by atoms with Gasteiger partial charge in [-0.05, 0) is 43.5 Å². The monoisotopic (exact) mass is 409 g/mol. The van der Waals surface area contributed by atoms with E-state index in [0.717, 1.165) is 18.4 Å². The van der Waals surface area contributed by atoms with Crippen molar-refractivity contribution in [1.82, 2.24) is 10.6 Å². The highest BCUT2D eigenvalue weighted by Crippen LogP contribution is 2.16. The third kappa shape index (κ3) is 5.74. The molecule has 1 aliphatic heterocycles. The van der Waals surface area contributed by atoms with Crippen molar-refractivity contribution < 1.29 is 19.2 Å². The maximum atomic E-state index is 12.8. The summed E-state index contributed by atoms with van der Waals surface area (Å²) in [6, 6.07) is 12.8. The van der Waals surface area contributed by atoms with E-state index in [1.54, 1.807) is 30.3 Å². The van der Waals surface area contributed by atoms with E-state index in [2.05, 4.69) is 10.6 Å². The minimum absolute atomic E-state index is 0.000861. The standard InChI is InChI=1S/C22H23N3O5/c1-15-7-9-17(10-8-15)21(26)24-20(22(27)23-14-19-6-3-11-30-19)13-16-4-2-5-18(12-16)25(28)29/h2,4-5,7-10,12-13,19H,3,6,11,14H2,1H3,(H,23,27)(H,24,26)/b20-13-. The second-order valence-electron chi connectivity index (χ2n) is 7.08. The molecule has 8 nitrogen and oxygen atoms in total. The predicted molar refractivity (Wildman–Crippen MR) is 112 cm³/mol. The van der Waals surface area contributed by atoms with Gasteiger partial charge >= 0.3 is 0 Å². The number of hydrogen-bond donors (Lipinski definition) is 2. The maximum absolute atomic E-state index is 12.8. The lowest BCUT2D eigenvalue weighted by molar-refractivity contribution is -0.384. The molecule has 0 radical (unpaired) electrons. The molecule has 2 amide bonds. The lowest BCUT2D eigenvalue weighted by Gasteiger charge is -2.14. The van der Waals surface area contributed by atoms with Gasteiger partial charge in [0, 0.05) is 30.8 Å². The van der Waals surface area contributed by atoms with Crippen LogP contribution in [-0.4, -0.2) is 36.0 Å². The fourth-order valence-electron chi connectivity index (χ4n) is 3.06. The molecule has 0 bridgehead atoms. The molecule has 3 rings (SSSR count). The minimum Gasteiger partial charge on any atom is -0.376 e. The predicted octanol–water partition coefficient (Wildman–Crippen LogP) is 2.97. The molecule has 1 atom stereocenters. The van der Waals surface area contributed by atoms with Gasteiger partial charge in [-0.15, -0.1) is 0 Å². The summed E-state index contributed by atoms with van der Waals surface area (Å²) in [5, 5.41) is 16.4. The van der Waals surface area contributed by atoms with Crippen LogP contribution in [0.1, 0.15) is 34.3 Å². The lowest BCUT2D eigenvalue weighted by Crippen LogP contribution is -2.38. The molecule has 0 saturated carbocycles. The van der Waals surface area contributed by atoms with Gasteiger partial charge in [0.1, 0.15) is 5.70 Å². The van der Waals surface area contributed by atoms with Crippen molar-refractivity contribution in [3.63, 3.8) is 0 Å². The molecule has 1 heterocycles. The van der Waals surface area contributed by atoms with Crippen LogP contribution in [0.25, 0.3) is 6.08 Å². The summed E-state index contributed by atoms with van der Waals surface area (Å²) < 4.78 is 5.51. The fourth-order valence-corrected chi connectivity index (χ4v) is 3.06. The van der Waals surface area contributed by atoms with Gasteiger partial charge < -0.3 is 15.4 Å². The Morgan fingerprint density at radius 2 is 2.00 bits per heavy atom. The van der Waals surface area contributed by atoms with E-state index in [1.807, 2.05) is 6.92 Å². The first-order valence-corrected chi connectivity index (χ1v) is 9.66. The summed E-state index contributed by atoms with van der Waals surface area (Å²) in [5.41, 5.74) is 1.73. The summed E-state index contributed by atoms with van der Waals surface area (Å²) in [6.45, 7) is 2.90. The van der Waals surface area contributed by atoms with Crippen LogP contribution in [0.3, 0.4) is 0 Å². The number of aryl methyl sites for hydroxylation is 1. The summed E-state index contributed by atoms with van der Waals surface area (Å²) in [7, 11) is 0. The molecule has 1 saturated heterocycles. The largest absolute Gasteiger partial charge is 0.376 e. The van der Waals surface area contributed by atoms with Crippen molar-refractivity contribution in [3.8, 4) is 0 Å². The number of carbonyl (C=O) groups excluding carboxylic acids is 2. The second-order valence-corrected chi connectivity index (χ2v) is 7.08. The van der Waals surface area contributed by atoms with Crippen molar-refractivity contribution in [2.45, 2.75) is 25.9 Å². The molecule has 0 spiro atoms. The van der Waals surface area contributed by atoms with Crippen LogP contribution in [0.2, 0.25) is 0 Å². The molecule has 0 aromatic heterocycles. The summed E-state index contributed by atoms with van der Waals surface area (Å²) in [4.78, 5) is 35.9. The molecule has 1 aliphatic rings. The van der Waals surface area contributed by atoms with Crippen molar-refractivity contribution in [2.75, 3.05) is 13.2 Å². The highest BCUT2D eigenvalue weighted by Gasteiger charge is 2.19. The highest BCUT2D eigenvalue weighted by atomic mass is 16.6. The molecule has 156 valence electrons. The molecule has 30 heavy (non-hydrogen) atoms. The van der Waals surface area contributed by atoms with E-state index in [9.17, 15) is 19.7 Å². The van der Waals surface area contributed by atoms with Crippen molar-refractivity contribution in [2.24, 2.45) is 0 Å². The van der Waals surface area contributed by atoms with Crippen molar-refractivity contribution in [1.29, 1.82) is 0 Å². The summed E-state index contributed by atoms with van der Waals surface area (Å²) in [5.74, 6) is -0.934. The number of non-ortho nitro benzene ring substituents is 1. The van der Waals surface area contributed by atoms with Gasteiger partial charge in [0.05, 0.1) is 11.0 Å². The Balaban J connectivity index is 1.82. The first-order valence-electron chi connectivity index (χ1n) is 9.66. The van der Waals surface area contributed by atoms with Gasteiger partial charge in [0.25, 0.3) is 17.5 Å². The second kappa shape index (κ2) is 9.80. The molecule has 1 unspecified atom stereocenters. The number of carbonyl (C=O) groups is 2. The number of nitrogens with one attached hydrogen (secondary N) is 2. The van der Waals surface area contributed by atoms with E-state index in [4.69, 9.17) is 4.74 Å². The number of ether oxygens (including phenoxy) is 1. The van der Waals surface area contributed by atoms with Gasteiger partial charge in [-0.2, -0.15) is 0 Å². The zero-order valence-corrected chi connectivity index (χ0v) is 16.6.